The van der Waals surface area contributed by atoms with Crippen LogP contribution in [0.5, 0.6) is 11.5 Å². The van der Waals surface area contributed by atoms with Gasteiger partial charge < -0.3 is 14.8 Å². The Bertz CT molecular complexity index is 1270. The molecule has 0 atom stereocenters. The molecule has 2 aromatic carbocycles. The number of hydrogen-bond donors (Lipinski definition) is 2. The van der Waals surface area contributed by atoms with Gasteiger partial charge >= 0.3 is 0 Å². The van der Waals surface area contributed by atoms with Crippen LogP contribution >= 0.6 is 0 Å². The number of nitrogens with one attached hydrogen (secondary N) is 2. The standard InChI is InChI=1S/C23H22N6O4/c1-32-17-9-7-16(8-10-17)22-25-20(26-27-22)15-24-23(31)19-11-12-21(30)29(28-19)13-14-33-18-5-3-2-4-6-18/h2-12H,13-15H2,1H3,(H,24,31)(H,25,26,27). The summed E-state index contributed by atoms with van der Waals surface area (Å²) in [6.07, 6.45) is 0. The first-order chi connectivity index (χ1) is 16.1. The second kappa shape index (κ2) is 10.2. The number of hydrogen-bond acceptors (Lipinski definition) is 7. The van der Waals surface area contributed by atoms with Gasteiger partial charge in [-0.25, -0.2) is 9.67 Å². The van der Waals surface area contributed by atoms with E-state index in [-0.39, 0.29) is 30.9 Å². The molecular weight excluding hydrogens is 424 g/mol. The summed E-state index contributed by atoms with van der Waals surface area (Å²) in [6, 6.07) is 19.3. The molecule has 0 aliphatic carbocycles. The van der Waals surface area contributed by atoms with Crippen LogP contribution < -0.4 is 20.3 Å². The van der Waals surface area contributed by atoms with Gasteiger partial charge in [0, 0.05) is 11.6 Å². The number of ether oxygens (including phenoxy) is 2. The van der Waals surface area contributed by atoms with Crippen LogP contribution in [0.25, 0.3) is 11.4 Å². The Kier molecular flexibility index (Phi) is 6.74. The lowest BCUT2D eigenvalue weighted by Gasteiger charge is -2.09. The molecule has 0 saturated carbocycles. The fourth-order valence-electron chi connectivity index (χ4n) is 3.00. The molecule has 10 nitrogen and oxygen atoms in total. The van der Waals surface area contributed by atoms with Gasteiger partial charge in [-0.1, -0.05) is 18.2 Å². The summed E-state index contributed by atoms with van der Waals surface area (Å²) in [5.41, 5.74) is 0.614. The van der Waals surface area contributed by atoms with Crippen LogP contribution in [0.3, 0.4) is 0 Å². The predicted octanol–water partition coefficient (Wildman–Crippen LogP) is 2.05. The predicted molar refractivity (Wildman–Crippen MR) is 120 cm³/mol. The number of H-pyrrole nitrogens is 1. The number of carbonyl (C=O) groups excluding carboxylic acids is 1. The van der Waals surface area contributed by atoms with Crippen molar-refractivity contribution in [3.63, 3.8) is 0 Å². The Balaban J connectivity index is 1.34. The smallest absolute Gasteiger partial charge is 0.272 e. The Morgan fingerprint density at radius 1 is 1.03 bits per heavy atom. The van der Waals surface area contributed by atoms with Gasteiger partial charge in [-0.3, -0.25) is 14.7 Å². The maximum Gasteiger partial charge on any atom is 0.272 e. The summed E-state index contributed by atoms with van der Waals surface area (Å²) in [5.74, 6) is 1.99. The molecule has 4 rings (SSSR count). The molecule has 4 aromatic rings. The van der Waals surface area contributed by atoms with Gasteiger partial charge in [-0.15, -0.1) is 0 Å². The summed E-state index contributed by atoms with van der Waals surface area (Å²) in [4.78, 5) is 29.0. The molecule has 1 amide bonds. The first-order valence-electron chi connectivity index (χ1n) is 10.2. The molecule has 0 radical (unpaired) electrons. The molecule has 0 spiro atoms. The zero-order chi connectivity index (χ0) is 23.0. The Morgan fingerprint density at radius 3 is 2.58 bits per heavy atom. The number of para-hydroxylation sites is 1. The number of aromatic nitrogens is 5. The molecule has 0 bridgehead atoms. The van der Waals surface area contributed by atoms with Crippen molar-refractivity contribution >= 4 is 5.91 Å². The molecule has 10 heteroatoms. The van der Waals surface area contributed by atoms with Crippen molar-refractivity contribution in [2.45, 2.75) is 13.1 Å². The van der Waals surface area contributed by atoms with E-state index in [1.54, 1.807) is 7.11 Å². The summed E-state index contributed by atoms with van der Waals surface area (Å²) in [7, 11) is 1.60. The van der Waals surface area contributed by atoms with Crippen molar-refractivity contribution in [3.05, 3.63) is 88.6 Å². The first kappa shape index (κ1) is 21.8. The fourth-order valence-corrected chi connectivity index (χ4v) is 3.00. The average Bonchev–Trinajstić information content (AvgIpc) is 3.33. The highest BCUT2D eigenvalue weighted by molar-refractivity contribution is 5.91. The first-order valence-corrected chi connectivity index (χ1v) is 10.2. The topological polar surface area (TPSA) is 124 Å². The number of amides is 1. The molecule has 168 valence electrons. The van der Waals surface area contributed by atoms with Gasteiger partial charge in [0.05, 0.1) is 20.2 Å². The van der Waals surface area contributed by atoms with E-state index in [4.69, 9.17) is 9.47 Å². The molecule has 0 fully saturated rings. The molecule has 0 unspecified atom stereocenters. The van der Waals surface area contributed by atoms with E-state index in [0.717, 1.165) is 11.3 Å². The fraction of sp³-hybridized carbons (Fsp3) is 0.174. The monoisotopic (exact) mass is 446 g/mol. The van der Waals surface area contributed by atoms with Crippen molar-refractivity contribution in [2.24, 2.45) is 0 Å². The zero-order valence-corrected chi connectivity index (χ0v) is 17.9. The van der Waals surface area contributed by atoms with Crippen LogP contribution in [0.15, 0.2) is 71.5 Å². The van der Waals surface area contributed by atoms with Crippen LogP contribution in [-0.2, 0) is 13.1 Å². The molecular formula is C23H22N6O4. The quantitative estimate of drug-likeness (QED) is 0.403. The third-order valence-corrected chi connectivity index (χ3v) is 4.71. The highest BCUT2D eigenvalue weighted by atomic mass is 16.5. The lowest BCUT2D eigenvalue weighted by molar-refractivity contribution is 0.0942. The van der Waals surface area contributed by atoms with Crippen molar-refractivity contribution in [3.8, 4) is 22.9 Å². The normalized spacial score (nSPS) is 10.6. The number of rotatable bonds is 9. The number of methoxy groups -OCH3 is 1. The third kappa shape index (κ3) is 5.62. The molecule has 0 aliphatic heterocycles. The second-order valence-electron chi connectivity index (χ2n) is 6.96. The number of aromatic amines is 1. The van der Waals surface area contributed by atoms with Gasteiger partial charge in [-0.05, 0) is 42.5 Å². The number of benzene rings is 2. The number of nitrogens with zero attached hydrogens (tertiary/aromatic N) is 4. The Labute approximate surface area is 189 Å². The summed E-state index contributed by atoms with van der Waals surface area (Å²) >= 11 is 0. The highest BCUT2D eigenvalue weighted by Crippen LogP contribution is 2.18. The summed E-state index contributed by atoms with van der Waals surface area (Å²) < 4.78 is 11.9. The van der Waals surface area contributed by atoms with Crippen molar-refractivity contribution in [1.29, 1.82) is 0 Å². The maximum atomic E-state index is 12.5. The van der Waals surface area contributed by atoms with Gasteiger partial charge in [0.25, 0.3) is 11.5 Å². The van der Waals surface area contributed by atoms with Crippen LogP contribution in [-0.4, -0.2) is 44.6 Å². The average molecular weight is 446 g/mol. The second-order valence-corrected chi connectivity index (χ2v) is 6.96. The highest BCUT2D eigenvalue weighted by Gasteiger charge is 2.12. The van der Waals surface area contributed by atoms with E-state index < -0.39 is 5.91 Å². The molecule has 33 heavy (non-hydrogen) atoms. The van der Waals surface area contributed by atoms with E-state index in [9.17, 15) is 9.59 Å². The third-order valence-electron chi connectivity index (χ3n) is 4.71. The van der Waals surface area contributed by atoms with Crippen LogP contribution in [0, 0.1) is 0 Å². The van der Waals surface area contributed by atoms with Crippen molar-refractivity contribution in [1.82, 2.24) is 30.3 Å². The van der Waals surface area contributed by atoms with E-state index in [1.165, 1.54) is 16.8 Å². The molecule has 2 N–H and O–H groups in total. The lowest BCUT2D eigenvalue weighted by Crippen LogP contribution is -2.30. The van der Waals surface area contributed by atoms with Gasteiger partial charge in [0.15, 0.2) is 5.82 Å². The lowest BCUT2D eigenvalue weighted by atomic mass is 10.2. The largest absolute Gasteiger partial charge is 0.497 e. The molecule has 0 aliphatic rings. The van der Waals surface area contributed by atoms with Gasteiger partial charge in [-0.2, -0.15) is 10.2 Å². The van der Waals surface area contributed by atoms with E-state index in [2.05, 4.69) is 25.6 Å². The van der Waals surface area contributed by atoms with Crippen LogP contribution in [0.1, 0.15) is 16.3 Å². The van der Waals surface area contributed by atoms with Crippen LogP contribution in [0.2, 0.25) is 0 Å². The van der Waals surface area contributed by atoms with Gasteiger partial charge in [0.2, 0.25) is 0 Å². The summed E-state index contributed by atoms with van der Waals surface area (Å²) in [5, 5.41) is 13.8. The number of carbonyl (C=O) groups is 1. The maximum absolute atomic E-state index is 12.5. The Hall–Kier alpha value is -4.47. The van der Waals surface area contributed by atoms with E-state index in [0.29, 0.717) is 17.4 Å². The minimum Gasteiger partial charge on any atom is -0.497 e. The Morgan fingerprint density at radius 2 is 1.82 bits per heavy atom. The summed E-state index contributed by atoms with van der Waals surface area (Å²) in [6.45, 7) is 0.580. The zero-order valence-electron chi connectivity index (χ0n) is 17.9. The van der Waals surface area contributed by atoms with E-state index in [1.807, 2.05) is 54.6 Å². The van der Waals surface area contributed by atoms with Crippen molar-refractivity contribution in [2.75, 3.05) is 13.7 Å². The minimum atomic E-state index is -0.435. The van der Waals surface area contributed by atoms with Crippen molar-refractivity contribution < 1.29 is 14.3 Å². The molecule has 2 aromatic heterocycles. The van der Waals surface area contributed by atoms with E-state index >= 15 is 0 Å². The SMILES string of the molecule is COc1ccc(-c2n[nH]c(CNC(=O)c3ccc(=O)n(CCOc4ccccc4)n3)n2)cc1. The minimum absolute atomic E-state index is 0.115. The van der Waals surface area contributed by atoms with Crippen LogP contribution in [0.4, 0.5) is 0 Å². The molecule has 2 heterocycles. The van der Waals surface area contributed by atoms with Gasteiger partial charge in [0.1, 0.15) is 29.6 Å². The molecule has 0 saturated heterocycles.